The van der Waals surface area contributed by atoms with Crippen LogP contribution in [0.25, 0.3) is 0 Å². The first-order chi connectivity index (χ1) is 14.8. The van der Waals surface area contributed by atoms with Gasteiger partial charge in [-0.3, -0.25) is 0 Å². The number of rotatable bonds is 4. The van der Waals surface area contributed by atoms with Crippen LogP contribution in [0.15, 0.2) is 22.8 Å². The first kappa shape index (κ1) is 24.5. The van der Waals surface area contributed by atoms with E-state index in [1.54, 1.807) is 0 Å². The van der Waals surface area contributed by atoms with Crippen LogP contribution in [0.2, 0.25) is 0 Å². The van der Waals surface area contributed by atoms with Gasteiger partial charge in [0.1, 0.15) is 0 Å². The minimum atomic E-state index is -0.791. The van der Waals surface area contributed by atoms with Crippen LogP contribution in [0, 0.1) is 40.4 Å². The van der Waals surface area contributed by atoms with Gasteiger partial charge in [-0.25, -0.2) is 0 Å². The summed E-state index contributed by atoms with van der Waals surface area (Å²) in [6.07, 6.45) is 10.9. The molecule has 0 radical (unpaired) electrons. The molecular formula is C29H48O3. The summed E-state index contributed by atoms with van der Waals surface area (Å²) in [5, 5.41) is 32.1. The highest BCUT2D eigenvalue weighted by molar-refractivity contribution is 5.33. The summed E-state index contributed by atoms with van der Waals surface area (Å²) in [4.78, 5) is 0. The predicted molar refractivity (Wildman–Crippen MR) is 131 cm³/mol. The molecular weight excluding hydrogens is 396 g/mol. The molecule has 32 heavy (non-hydrogen) atoms. The van der Waals surface area contributed by atoms with Gasteiger partial charge in [-0.1, -0.05) is 44.9 Å². The summed E-state index contributed by atoms with van der Waals surface area (Å²) < 4.78 is 0. The summed E-state index contributed by atoms with van der Waals surface area (Å²) in [6, 6.07) is 0. The molecule has 0 bridgehead atoms. The van der Waals surface area contributed by atoms with Gasteiger partial charge in [0, 0.05) is 0 Å². The van der Waals surface area contributed by atoms with Crippen LogP contribution >= 0.6 is 0 Å². The molecule has 9 unspecified atom stereocenters. The van der Waals surface area contributed by atoms with Crippen LogP contribution in [-0.2, 0) is 0 Å². The van der Waals surface area contributed by atoms with E-state index in [4.69, 9.17) is 0 Å². The second kappa shape index (κ2) is 8.24. The van der Waals surface area contributed by atoms with Gasteiger partial charge in [-0.2, -0.15) is 0 Å². The van der Waals surface area contributed by atoms with Crippen molar-refractivity contribution < 1.29 is 15.3 Å². The van der Waals surface area contributed by atoms with Crippen molar-refractivity contribution >= 4 is 0 Å². The van der Waals surface area contributed by atoms with Gasteiger partial charge in [0.15, 0.2) is 0 Å². The maximum Gasteiger partial charge on any atom is 0.0779 e. The molecule has 9 atom stereocenters. The molecule has 3 fully saturated rings. The van der Waals surface area contributed by atoms with Crippen molar-refractivity contribution in [3.8, 4) is 0 Å². The fourth-order valence-corrected chi connectivity index (χ4v) is 8.59. The van der Waals surface area contributed by atoms with Gasteiger partial charge in [0.05, 0.1) is 17.8 Å². The maximum atomic E-state index is 11.3. The third-order valence-corrected chi connectivity index (χ3v) is 11.2. The molecule has 3 saturated carbocycles. The molecule has 0 aliphatic heterocycles. The SMILES string of the molecule is CC(=C1CCC2C3CC=C4CC(O)CCC4(C)C3CCC12C)C(O)C(C)C(C)C(C)(C)O. The van der Waals surface area contributed by atoms with Crippen LogP contribution in [0.3, 0.4) is 0 Å². The molecule has 0 saturated heterocycles. The van der Waals surface area contributed by atoms with Crippen molar-refractivity contribution in [2.24, 2.45) is 40.4 Å². The van der Waals surface area contributed by atoms with E-state index < -0.39 is 11.7 Å². The number of hydrogen-bond donors (Lipinski definition) is 3. The molecule has 0 aromatic rings. The van der Waals surface area contributed by atoms with E-state index in [-0.39, 0.29) is 28.8 Å². The Balaban J connectivity index is 1.60. The molecule has 0 amide bonds. The van der Waals surface area contributed by atoms with Gasteiger partial charge in [-0.05, 0) is 118 Å². The first-order valence-electron chi connectivity index (χ1n) is 13.3. The van der Waals surface area contributed by atoms with Crippen LogP contribution in [0.4, 0.5) is 0 Å². The monoisotopic (exact) mass is 444 g/mol. The lowest BCUT2D eigenvalue weighted by atomic mass is 9.47. The highest BCUT2D eigenvalue weighted by Crippen LogP contribution is 2.66. The third-order valence-electron chi connectivity index (χ3n) is 11.2. The van der Waals surface area contributed by atoms with Crippen molar-refractivity contribution in [2.45, 2.75) is 118 Å². The zero-order valence-corrected chi connectivity index (χ0v) is 21.6. The molecule has 0 heterocycles. The van der Waals surface area contributed by atoms with Crippen molar-refractivity contribution in [3.05, 3.63) is 22.8 Å². The average Bonchev–Trinajstić information content (AvgIpc) is 3.08. The molecule has 3 heteroatoms. The zero-order chi connectivity index (χ0) is 23.6. The van der Waals surface area contributed by atoms with Gasteiger partial charge >= 0.3 is 0 Å². The van der Waals surface area contributed by atoms with Crippen molar-refractivity contribution in [1.29, 1.82) is 0 Å². The topological polar surface area (TPSA) is 60.7 Å². The quantitative estimate of drug-likeness (QED) is 0.464. The molecule has 4 rings (SSSR count). The van der Waals surface area contributed by atoms with Gasteiger partial charge in [-0.15, -0.1) is 0 Å². The van der Waals surface area contributed by atoms with E-state index in [2.05, 4.69) is 40.7 Å². The van der Waals surface area contributed by atoms with E-state index in [0.29, 0.717) is 5.92 Å². The van der Waals surface area contributed by atoms with E-state index >= 15 is 0 Å². The highest BCUT2D eigenvalue weighted by Gasteiger charge is 2.57. The minimum absolute atomic E-state index is 0.0224. The molecule has 182 valence electrons. The smallest absolute Gasteiger partial charge is 0.0779 e. The summed E-state index contributed by atoms with van der Waals surface area (Å²) in [5.41, 5.74) is 3.91. The van der Waals surface area contributed by atoms with E-state index in [0.717, 1.165) is 37.5 Å². The lowest BCUT2D eigenvalue weighted by Gasteiger charge is -2.57. The minimum Gasteiger partial charge on any atom is -0.393 e. The largest absolute Gasteiger partial charge is 0.393 e. The average molecular weight is 445 g/mol. The maximum absolute atomic E-state index is 11.3. The Morgan fingerprint density at radius 3 is 2.34 bits per heavy atom. The highest BCUT2D eigenvalue weighted by atomic mass is 16.3. The fourth-order valence-electron chi connectivity index (χ4n) is 8.59. The third kappa shape index (κ3) is 3.75. The normalized spacial score (nSPS) is 44.0. The van der Waals surface area contributed by atoms with Gasteiger partial charge in [0.25, 0.3) is 0 Å². The predicted octanol–water partition coefficient (Wildman–Crippen LogP) is 6.03. The zero-order valence-electron chi connectivity index (χ0n) is 21.6. The Hall–Kier alpha value is -0.640. The summed E-state index contributed by atoms with van der Waals surface area (Å²) in [7, 11) is 0. The van der Waals surface area contributed by atoms with Gasteiger partial charge in [0.2, 0.25) is 0 Å². The van der Waals surface area contributed by atoms with E-state index in [1.165, 1.54) is 42.4 Å². The molecule has 4 aliphatic rings. The molecule has 3 N–H and O–H groups in total. The Bertz CT molecular complexity index is 789. The van der Waals surface area contributed by atoms with E-state index in [9.17, 15) is 15.3 Å². The Labute approximate surface area is 196 Å². The fraction of sp³-hybridized carbons (Fsp3) is 0.862. The molecule has 3 nitrogen and oxygen atoms in total. The van der Waals surface area contributed by atoms with Crippen molar-refractivity contribution in [3.63, 3.8) is 0 Å². The number of aliphatic hydroxyl groups excluding tert-OH is 2. The second-order valence-electron chi connectivity index (χ2n) is 13.1. The lowest BCUT2D eigenvalue weighted by molar-refractivity contribution is -0.0305. The number of allylic oxidation sites excluding steroid dienone is 2. The number of fused-ring (bicyclic) bond motifs is 5. The summed E-state index contributed by atoms with van der Waals surface area (Å²) in [6.45, 7) is 15.0. The van der Waals surface area contributed by atoms with Crippen LogP contribution < -0.4 is 0 Å². The summed E-state index contributed by atoms with van der Waals surface area (Å²) in [5.74, 6) is 2.22. The standard InChI is InChI=1S/C29H48O3/c1-17(19(3)27(4,5)32)26(31)18(2)23-10-11-24-22-9-8-20-16-21(30)12-14-28(20,6)25(22)13-15-29(23,24)7/h8,17,19,21-22,24-26,30-32H,9-16H2,1-7H3. The number of aliphatic hydroxyl groups is 3. The molecule has 0 aromatic carbocycles. The summed E-state index contributed by atoms with van der Waals surface area (Å²) >= 11 is 0. The van der Waals surface area contributed by atoms with Gasteiger partial charge < -0.3 is 15.3 Å². The number of hydrogen-bond acceptors (Lipinski definition) is 3. The molecule has 4 aliphatic carbocycles. The molecule has 0 aromatic heterocycles. The van der Waals surface area contributed by atoms with Crippen molar-refractivity contribution in [2.75, 3.05) is 0 Å². The van der Waals surface area contributed by atoms with Crippen LogP contribution in [0.5, 0.6) is 0 Å². The first-order valence-corrected chi connectivity index (χ1v) is 13.3. The second-order valence-corrected chi connectivity index (χ2v) is 13.1. The Morgan fingerprint density at radius 2 is 1.69 bits per heavy atom. The van der Waals surface area contributed by atoms with E-state index in [1.807, 2.05) is 13.8 Å². The van der Waals surface area contributed by atoms with Crippen LogP contribution in [0.1, 0.15) is 99.8 Å². The molecule has 0 spiro atoms. The Morgan fingerprint density at radius 1 is 1.06 bits per heavy atom. The van der Waals surface area contributed by atoms with Crippen LogP contribution in [-0.4, -0.2) is 33.1 Å². The lowest BCUT2D eigenvalue weighted by Crippen LogP contribution is -2.49. The Kier molecular flexibility index (Phi) is 6.30. The van der Waals surface area contributed by atoms with Crippen molar-refractivity contribution in [1.82, 2.24) is 0 Å².